The molecule has 3 heterocycles. The van der Waals surface area contributed by atoms with Crippen LogP contribution in [0, 0.1) is 0 Å². The van der Waals surface area contributed by atoms with Crippen LogP contribution < -0.4 is 15.2 Å². The summed E-state index contributed by atoms with van der Waals surface area (Å²) in [5, 5.41) is 10.7. The quantitative estimate of drug-likeness (QED) is 0.221. The Labute approximate surface area is 260 Å². The van der Waals surface area contributed by atoms with E-state index in [0.717, 1.165) is 42.6 Å². The highest BCUT2D eigenvalue weighted by molar-refractivity contribution is 6.39. The van der Waals surface area contributed by atoms with Crippen molar-refractivity contribution in [1.82, 2.24) is 14.9 Å². The maximum atomic E-state index is 11.1. The smallest absolute Gasteiger partial charge is 0.404 e. The molecule has 9 nitrogen and oxygen atoms in total. The zero-order chi connectivity index (χ0) is 30.5. The van der Waals surface area contributed by atoms with E-state index in [0.29, 0.717) is 56.3 Å². The number of aromatic nitrogens is 2. The third-order valence-corrected chi connectivity index (χ3v) is 8.26. The van der Waals surface area contributed by atoms with E-state index in [2.05, 4.69) is 9.88 Å². The van der Waals surface area contributed by atoms with Crippen molar-refractivity contribution in [3.8, 4) is 45.3 Å². The fourth-order valence-electron chi connectivity index (χ4n) is 5.19. The van der Waals surface area contributed by atoms with Crippen molar-refractivity contribution in [3.63, 3.8) is 0 Å². The molecule has 3 N–H and O–H groups in total. The number of nitrogens with zero attached hydrogens (tertiary/aromatic N) is 3. The lowest BCUT2D eigenvalue weighted by molar-refractivity contribution is 0.0788. The van der Waals surface area contributed by atoms with Crippen LogP contribution in [0.2, 0.25) is 10.0 Å². The van der Waals surface area contributed by atoms with Crippen LogP contribution in [0.4, 0.5) is 4.79 Å². The Bertz CT molecular complexity index is 1630. The van der Waals surface area contributed by atoms with Gasteiger partial charge in [-0.3, -0.25) is 9.88 Å². The Kier molecular flexibility index (Phi) is 9.67. The number of benzene rings is 2. The second-order valence-electron chi connectivity index (χ2n) is 10.2. The molecule has 1 fully saturated rings. The Morgan fingerprint density at radius 3 is 2.42 bits per heavy atom. The predicted octanol–water partition coefficient (Wildman–Crippen LogP) is 6.35. The molecule has 0 saturated carbocycles. The number of rotatable bonds is 9. The second-order valence-corrected chi connectivity index (χ2v) is 11.0. The number of primary amides is 1. The summed E-state index contributed by atoms with van der Waals surface area (Å²) in [7, 11) is 3.14. The van der Waals surface area contributed by atoms with Gasteiger partial charge in [-0.05, 0) is 31.0 Å². The molecule has 0 radical (unpaired) electrons. The van der Waals surface area contributed by atoms with E-state index in [4.69, 9.17) is 48.1 Å². The molecule has 0 spiro atoms. The summed E-state index contributed by atoms with van der Waals surface area (Å²) in [4.78, 5) is 22.7. The number of ether oxygens (including phenoxy) is 3. The van der Waals surface area contributed by atoms with Crippen LogP contribution in [0.1, 0.15) is 24.0 Å². The standard InChI is InChI=1S/C32H32Cl2N4O5/c1-41-27-16-19(6-7-21(27)18-43-32(35)40)30-29(34)24(10-13-36-30)23-4-3-5-25(28(23)33)26-9-8-20(31(37-26)42-2)17-38-14-11-22(39)12-15-38/h3-10,13,16,22,39H,11-12,14-15,17-18H2,1-2H3,(H2,35,40). The normalized spacial score (nSPS) is 14.0. The number of carbonyl (C=O) groups is 1. The van der Waals surface area contributed by atoms with Crippen molar-refractivity contribution < 1.29 is 24.1 Å². The van der Waals surface area contributed by atoms with Crippen LogP contribution in [-0.4, -0.2) is 59.5 Å². The molecule has 43 heavy (non-hydrogen) atoms. The Morgan fingerprint density at radius 1 is 0.977 bits per heavy atom. The highest BCUT2D eigenvalue weighted by atomic mass is 35.5. The van der Waals surface area contributed by atoms with Crippen molar-refractivity contribution in [2.24, 2.45) is 5.73 Å². The summed E-state index contributed by atoms with van der Waals surface area (Å²) in [6.45, 7) is 2.32. The zero-order valence-corrected chi connectivity index (χ0v) is 25.4. The number of methoxy groups -OCH3 is 2. The molecule has 1 amide bonds. The van der Waals surface area contributed by atoms with Crippen molar-refractivity contribution in [1.29, 1.82) is 0 Å². The summed E-state index contributed by atoms with van der Waals surface area (Å²) in [5.74, 6) is 1.04. The molecule has 0 aliphatic carbocycles. The summed E-state index contributed by atoms with van der Waals surface area (Å²) in [6, 6.07) is 16.9. The molecule has 0 bridgehead atoms. The maximum Gasteiger partial charge on any atom is 0.404 e. The lowest BCUT2D eigenvalue weighted by Crippen LogP contribution is -2.35. The highest BCUT2D eigenvalue weighted by Gasteiger charge is 2.21. The molecule has 4 aromatic rings. The number of likely N-dealkylation sites (tertiary alicyclic amines) is 1. The summed E-state index contributed by atoms with van der Waals surface area (Å²) in [6.07, 6.45) is 2.11. The minimum atomic E-state index is -0.869. The van der Waals surface area contributed by atoms with Crippen molar-refractivity contribution >= 4 is 29.3 Å². The molecular formula is C32H32Cl2N4O5. The first kappa shape index (κ1) is 30.6. The van der Waals surface area contributed by atoms with Gasteiger partial charge in [0.1, 0.15) is 12.4 Å². The molecule has 5 rings (SSSR count). The number of carbonyl (C=O) groups excluding carboxylic acids is 1. The zero-order valence-electron chi connectivity index (χ0n) is 23.8. The minimum absolute atomic E-state index is 0.0232. The van der Waals surface area contributed by atoms with Crippen LogP contribution in [-0.2, 0) is 17.9 Å². The molecule has 1 aliphatic heterocycles. The van der Waals surface area contributed by atoms with E-state index < -0.39 is 6.09 Å². The first-order chi connectivity index (χ1) is 20.8. The minimum Gasteiger partial charge on any atom is -0.496 e. The van der Waals surface area contributed by atoms with Gasteiger partial charge < -0.3 is 25.1 Å². The van der Waals surface area contributed by atoms with Gasteiger partial charge in [-0.1, -0.05) is 59.6 Å². The van der Waals surface area contributed by atoms with Gasteiger partial charge in [-0.2, -0.15) is 0 Å². The predicted molar refractivity (Wildman–Crippen MR) is 166 cm³/mol. The SMILES string of the molecule is COc1cc(-c2nccc(-c3cccc(-c4ccc(CN5CCC(O)CC5)c(OC)n4)c3Cl)c2Cl)ccc1COC(N)=O. The number of hydrogen-bond acceptors (Lipinski definition) is 8. The average molecular weight is 624 g/mol. The van der Waals surface area contributed by atoms with Crippen LogP contribution >= 0.6 is 23.2 Å². The molecule has 1 saturated heterocycles. The lowest BCUT2D eigenvalue weighted by atomic mass is 9.99. The first-order valence-corrected chi connectivity index (χ1v) is 14.5. The number of nitrogens with two attached hydrogens (primary N) is 1. The van der Waals surface area contributed by atoms with Crippen LogP contribution in [0.15, 0.2) is 60.8 Å². The third kappa shape index (κ3) is 6.86. The molecule has 224 valence electrons. The summed E-state index contributed by atoms with van der Waals surface area (Å²) >= 11 is 14.0. The Balaban J connectivity index is 1.46. The molecule has 2 aromatic heterocycles. The summed E-state index contributed by atoms with van der Waals surface area (Å²) < 4.78 is 16.1. The molecule has 11 heteroatoms. The van der Waals surface area contributed by atoms with Gasteiger partial charge in [0, 0.05) is 59.2 Å². The van der Waals surface area contributed by atoms with Crippen LogP contribution in [0.3, 0.4) is 0 Å². The topological polar surface area (TPSA) is 120 Å². The number of hydrogen-bond donors (Lipinski definition) is 2. The van der Waals surface area contributed by atoms with E-state index in [1.165, 1.54) is 7.11 Å². The van der Waals surface area contributed by atoms with Gasteiger partial charge in [0.25, 0.3) is 0 Å². The van der Waals surface area contributed by atoms with E-state index in [-0.39, 0.29) is 12.7 Å². The number of aliphatic hydroxyl groups is 1. The average Bonchev–Trinajstić information content (AvgIpc) is 3.01. The summed E-state index contributed by atoms with van der Waals surface area (Å²) in [5.41, 5.74) is 10.8. The van der Waals surface area contributed by atoms with E-state index >= 15 is 0 Å². The Morgan fingerprint density at radius 2 is 1.70 bits per heavy atom. The highest BCUT2D eigenvalue weighted by Crippen LogP contribution is 2.42. The van der Waals surface area contributed by atoms with Gasteiger partial charge in [0.15, 0.2) is 0 Å². The largest absolute Gasteiger partial charge is 0.496 e. The number of amides is 1. The van der Waals surface area contributed by atoms with Gasteiger partial charge in [0.2, 0.25) is 5.88 Å². The number of halogens is 2. The first-order valence-electron chi connectivity index (χ1n) is 13.8. The molecule has 2 aromatic carbocycles. The molecule has 1 aliphatic rings. The fraction of sp³-hybridized carbons (Fsp3) is 0.281. The van der Waals surface area contributed by atoms with Gasteiger partial charge in [0.05, 0.1) is 41.8 Å². The molecular weight excluding hydrogens is 591 g/mol. The second kappa shape index (κ2) is 13.6. The fourth-order valence-corrected chi connectivity index (χ4v) is 5.83. The monoisotopic (exact) mass is 622 g/mol. The van der Waals surface area contributed by atoms with Crippen molar-refractivity contribution in [3.05, 3.63) is 82.0 Å². The van der Waals surface area contributed by atoms with Crippen LogP contribution in [0.25, 0.3) is 33.6 Å². The Hall–Kier alpha value is -3.89. The van der Waals surface area contributed by atoms with Crippen molar-refractivity contribution in [2.75, 3.05) is 27.3 Å². The number of pyridine rings is 2. The van der Waals surface area contributed by atoms with Gasteiger partial charge in [-0.15, -0.1) is 0 Å². The lowest BCUT2D eigenvalue weighted by Gasteiger charge is -2.29. The van der Waals surface area contributed by atoms with E-state index in [1.807, 2.05) is 42.5 Å². The third-order valence-electron chi connectivity index (χ3n) is 7.47. The van der Waals surface area contributed by atoms with E-state index in [9.17, 15) is 9.90 Å². The maximum absolute atomic E-state index is 11.1. The molecule has 0 atom stereocenters. The number of piperidine rings is 1. The van der Waals surface area contributed by atoms with Gasteiger partial charge >= 0.3 is 6.09 Å². The van der Waals surface area contributed by atoms with Crippen LogP contribution in [0.5, 0.6) is 11.6 Å². The number of aliphatic hydroxyl groups excluding tert-OH is 1. The van der Waals surface area contributed by atoms with Crippen molar-refractivity contribution in [2.45, 2.75) is 32.1 Å². The molecule has 0 unspecified atom stereocenters. The van der Waals surface area contributed by atoms with E-state index in [1.54, 1.807) is 25.4 Å². The van der Waals surface area contributed by atoms with Gasteiger partial charge in [-0.25, -0.2) is 9.78 Å².